The van der Waals surface area contributed by atoms with Crippen molar-refractivity contribution in [1.82, 2.24) is 4.90 Å². The molecule has 2 fully saturated rings. The van der Waals surface area contributed by atoms with Gasteiger partial charge in [0.25, 0.3) is 5.91 Å². The molecule has 1 aliphatic carbocycles. The number of ether oxygens (including phenoxy) is 1. The molecule has 3 aromatic carbocycles. The molecule has 2 aliphatic rings. The fourth-order valence-electron chi connectivity index (χ4n) is 5.10. The van der Waals surface area contributed by atoms with Crippen LogP contribution >= 0.6 is 11.8 Å². The minimum atomic E-state index is -0.127. The van der Waals surface area contributed by atoms with E-state index in [1.807, 2.05) is 42.5 Å². The van der Waals surface area contributed by atoms with Gasteiger partial charge in [-0.3, -0.25) is 4.79 Å². The number of methoxy groups -OCH3 is 1. The Balaban J connectivity index is 1.55. The van der Waals surface area contributed by atoms with Gasteiger partial charge < -0.3 is 15.0 Å². The summed E-state index contributed by atoms with van der Waals surface area (Å²) in [5.41, 5.74) is 1.86. The Morgan fingerprint density at radius 2 is 1.76 bits per heavy atom. The predicted molar refractivity (Wildman–Crippen MR) is 138 cm³/mol. The first-order valence-corrected chi connectivity index (χ1v) is 12.6. The van der Waals surface area contributed by atoms with E-state index in [0.717, 1.165) is 39.1 Å². The zero-order valence-electron chi connectivity index (χ0n) is 19.2. The van der Waals surface area contributed by atoms with Gasteiger partial charge in [-0.2, -0.15) is 0 Å². The molecule has 1 saturated heterocycles. The Morgan fingerprint density at radius 1 is 1.00 bits per heavy atom. The van der Waals surface area contributed by atoms with Gasteiger partial charge in [0.1, 0.15) is 5.75 Å². The van der Waals surface area contributed by atoms with Crippen LogP contribution in [0, 0.1) is 5.92 Å². The van der Waals surface area contributed by atoms with Crippen LogP contribution < -0.4 is 10.1 Å². The SMILES string of the molecule is COc1ccc2ccccc2c1/C=C1\SC(Nc2ccccc2)N([C@H]2CCCC[C@@H]2C)C1=O. The van der Waals surface area contributed by atoms with E-state index in [9.17, 15) is 4.79 Å². The molecule has 1 heterocycles. The van der Waals surface area contributed by atoms with Gasteiger partial charge in [-0.05, 0) is 53.8 Å². The summed E-state index contributed by atoms with van der Waals surface area (Å²) in [6.07, 6.45) is 6.69. The van der Waals surface area contributed by atoms with Crippen molar-refractivity contribution in [3.63, 3.8) is 0 Å². The van der Waals surface area contributed by atoms with E-state index in [1.165, 1.54) is 19.3 Å². The monoisotopic (exact) mass is 458 g/mol. The minimum Gasteiger partial charge on any atom is -0.496 e. The van der Waals surface area contributed by atoms with E-state index in [-0.39, 0.29) is 17.4 Å². The fourth-order valence-corrected chi connectivity index (χ4v) is 6.29. The Bertz CT molecular complexity index is 1180. The molecule has 1 amide bonds. The van der Waals surface area contributed by atoms with Crippen molar-refractivity contribution >= 4 is 40.2 Å². The van der Waals surface area contributed by atoms with E-state index >= 15 is 0 Å². The summed E-state index contributed by atoms with van der Waals surface area (Å²) in [6, 6.07) is 22.7. The van der Waals surface area contributed by atoms with Crippen molar-refractivity contribution in [2.45, 2.75) is 44.1 Å². The number of hydrogen-bond donors (Lipinski definition) is 1. The largest absolute Gasteiger partial charge is 0.496 e. The summed E-state index contributed by atoms with van der Waals surface area (Å²) < 4.78 is 5.69. The van der Waals surface area contributed by atoms with E-state index in [1.54, 1.807) is 18.9 Å². The van der Waals surface area contributed by atoms with Gasteiger partial charge in [0, 0.05) is 17.3 Å². The van der Waals surface area contributed by atoms with E-state index in [4.69, 9.17) is 4.74 Å². The number of nitrogens with one attached hydrogen (secondary N) is 1. The summed E-state index contributed by atoms with van der Waals surface area (Å²) in [7, 11) is 1.69. The molecule has 0 radical (unpaired) electrons. The van der Waals surface area contributed by atoms with E-state index < -0.39 is 0 Å². The van der Waals surface area contributed by atoms with Crippen LogP contribution in [0.5, 0.6) is 5.75 Å². The maximum Gasteiger partial charge on any atom is 0.262 e. The van der Waals surface area contributed by atoms with Crippen LogP contribution in [0.15, 0.2) is 71.6 Å². The van der Waals surface area contributed by atoms with Crippen molar-refractivity contribution in [3.8, 4) is 5.75 Å². The predicted octanol–water partition coefficient (Wildman–Crippen LogP) is 6.74. The lowest BCUT2D eigenvalue weighted by molar-refractivity contribution is -0.129. The number of thioether (sulfide) groups is 1. The number of fused-ring (bicyclic) bond motifs is 1. The molecule has 1 saturated carbocycles. The molecular weight excluding hydrogens is 428 g/mol. The lowest BCUT2D eigenvalue weighted by Crippen LogP contribution is -2.48. The summed E-state index contributed by atoms with van der Waals surface area (Å²) in [5, 5.41) is 5.85. The molecule has 4 nitrogen and oxygen atoms in total. The normalized spacial score (nSPS) is 24.4. The van der Waals surface area contributed by atoms with Crippen LogP contribution in [0.3, 0.4) is 0 Å². The smallest absolute Gasteiger partial charge is 0.262 e. The van der Waals surface area contributed by atoms with Crippen molar-refractivity contribution < 1.29 is 9.53 Å². The van der Waals surface area contributed by atoms with Gasteiger partial charge in [-0.1, -0.05) is 80.1 Å². The number of carbonyl (C=O) groups excluding carboxylic acids is 1. The highest BCUT2D eigenvalue weighted by Gasteiger charge is 2.43. The maximum atomic E-state index is 13.8. The molecule has 1 unspecified atom stereocenters. The molecule has 1 aliphatic heterocycles. The number of hydrogen-bond acceptors (Lipinski definition) is 4. The number of nitrogens with zero attached hydrogens (tertiary/aromatic N) is 1. The van der Waals surface area contributed by atoms with Crippen LogP contribution in [0.2, 0.25) is 0 Å². The summed E-state index contributed by atoms with van der Waals surface area (Å²) >= 11 is 1.61. The number of rotatable bonds is 5. The maximum absolute atomic E-state index is 13.8. The third-order valence-electron chi connectivity index (χ3n) is 6.85. The summed E-state index contributed by atoms with van der Waals surface area (Å²) in [5.74, 6) is 1.39. The first-order valence-electron chi connectivity index (χ1n) is 11.7. The second-order valence-electron chi connectivity index (χ2n) is 8.93. The van der Waals surface area contributed by atoms with Crippen molar-refractivity contribution in [2.24, 2.45) is 5.92 Å². The van der Waals surface area contributed by atoms with Gasteiger partial charge in [0.2, 0.25) is 0 Å². The third kappa shape index (κ3) is 4.34. The van der Waals surface area contributed by atoms with Crippen LogP contribution in [0.4, 0.5) is 5.69 Å². The molecule has 0 spiro atoms. The Hall–Kier alpha value is -2.92. The Morgan fingerprint density at radius 3 is 2.55 bits per heavy atom. The highest BCUT2D eigenvalue weighted by molar-refractivity contribution is 8.05. The number of anilines is 1. The summed E-state index contributed by atoms with van der Waals surface area (Å²) in [4.78, 5) is 16.7. The number of benzene rings is 3. The average molecular weight is 459 g/mol. The van der Waals surface area contributed by atoms with Crippen molar-refractivity contribution in [2.75, 3.05) is 12.4 Å². The molecule has 5 heteroatoms. The third-order valence-corrected chi connectivity index (χ3v) is 7.96. The highest BCUT2D eigenvalue weighted by Crippen LogP contribution is 2.43. The van der Waals surface area contributed by atoms with Crippen LogP contribution in [-0.2, 0) is 4.79 Å². The van der Waals surface area contributed by atoms with Gasteiger partial charge >= 0.3 is 0 Å². The lowest BCUT2D eigenvalue weighted by Gasteiger charge is -2.39. The molecule has 5 rings (SSSR count). The second kappa shape index (κ2) is 9.52. The first kappa shape index (κ1) is 21.9. The first-order chi connectivity index (χ1) is 16.2. The van der Waals surface area contributed by atoms with Crippen molar-refractivity contribution in [1.29, 1.82) is 0 Å². The molecule has 0 aromatic heterocycles. The second-order valence-corrected chi connectivity index (χ2v) is 10.1. The average Bonchev–Trinajstić information content (AvgIpc) is 3.14. The standard InChI is InChI=1S/C28H30N2O2S/c1-19-10-6-9-15-24(19)30-27(31)26(33-28(30)29-21-12-4-3-5-13-21)18-23-22-14-8-7-11-20(22)16-17-25(23)32-2/h3-5,7-8,11-14,16-19,24,28-29H,6,9-10,15H2,1-2H3/b26-18-/t19-,24-,28?/m0/s1. The van der Waals surface area contributed by atoms with Gasteiger partial charge in [-0.15, -0.1) is 0 Å². The molecular formula is C28H30N2O2S. The zero-order chi connectivity index (χ0) is 22.8. The van der Waals surface area contributed by atoms with Crippen LogP contribution in [0.25, 0.3) is 16.8 Å². The molecule has 170 valence electrons. The fraction of sp³-hybridized carbons (Fsp3) is 0.321. The number of carbonyl (C=O) groups is 1. The van der Waals surface area contributed by atoms with Crippen LogP contribution in [-0.4, -0.2) is 29.5 Å². The topological polar surface area (TPSA) is 41.6 Å². The molecule has 1 N–H and O–H groups in total. The molecule has 33 heavy (non-hydrogen) atoms. The minimum absolute atomic E-state index is 0.113. The van der Waals surface area contributed by atoms with Gasteiger partial charge in [0.15, 0.2) is 5.50 Å². The van der Waals surface area contributed by atoms with E-state index in [0.29, 0.717) is 5.92 Å². The Labute approximate surface area is 200 Å². The molecule has 0 bridgehead atoms. The molecule has 3 aromatic rings. The quantitative estimate of drug-likeness (QED) is 0.430. The van der Waals surface area contributed by atoms with Gasteiger partial charge in [-0.25, -0.2) is 0 Å². The Kier molecular flexibility index (Phi) is 6.32. The van der Waals surface area contributed by atoms with Gasteiger partial charge in [0.05, 0.1) is 12.0 Å². The number of para-hydroxylation sites is 1. The van der Waals surface area contributed by atoms with Crippen molar-refractivity contribution in [3.05, 3.63) is 77.2 Å². The zero-order valence-corrected chi connectivity index (χ0v) is 20.0. The van der Waals surface area contributed by atoms with Crippen LogP contribution in [0.1, 0.15) is 38.2 Å². The van der Waals surface area contributed by atoms with E-state index in [2.05, 4.69) is 47.5 Å². The molecule has 3 atom stereocenters. The highest BCUT2D eigenvalue weighted by atomic mass is 32.2. The lowest BCUT2D eigenvalue weighted by atomic mass is 9.85. The number of amides is 1. The summed E-state index contributed by atoms with van der Waals surface area (Å²) in [6.45, 7) is 2.29.